The van der Waals surface area contributed by atoms with Gasteiger partial charge in [0.1, 0.15) is 0 Å². The van der Waals surface area contributed by atoms with E-state index in [1.54, 1.807) is 0 Å². The zero-order valence-corrected chi connectivity index (χ0v) is 15.9. The van der Waals surface area contributed by atoms with Crippen LogP contribution in [-0.4, -0.2) is 58.5 Å². The Kier molecular flexibility index (Phi) is 9.51. The lowest BCUT2D eigenvalue weighted by Crippen LogP contribution is -2.44. The van der Waals surface area contributed by atoms with E-state index >= 15 is 0 Å². The predicted octanol–water partition coefficient (Wildman–Crippen LogP) is 0.401. The van der Waals surface area contributed by atoms with Crippen LogP contribution >= 0.6 is 12.4 Å². The Morgan fingerprint density at radius 2 is 2.08 bits per heavy atom. The minimum Gasteiger partial charge on any atom is -0.377 e. The fourth-order valence-electron chi connectivity index (χ4n) is 3.08. The highest BCUT2D eigenvalue weighted by Gasteiger charge is 2.25. The van der Waals surface area contributed by atoms with Gasteiger partial charge in [-0.05, 0) is 45.6 Å². The number of halogens is 1. The van der Waals surface area contributed by atoms with Crippen LogP contribution < -0.4 is 15.4 Å². The fraction of sp³-hybridized carbons (Fsp3) is 0.933. The minimum absolute atomic E-state index is 0. The molecule has 1 unspecified atom stereocenters. The summed E-state index contributed by atoms with van der Waals surface area (Å²) in [6.45, 7) is 4.07. The molecule has 24 heavy (non-hydrogen) atoms. The summed E-state index contributed by atoms with van der Waals surface area (Å²) in [5.74, 6) is -0.145. The average molecular weight is 384 g/mol. The third-order valence-electron chi connectivity index (χ3n) is 4.47. The van der Waals surface area contributed by atoms with Crippen molar-refractivity contribution in [2.24, 2.45) is 5.92 Å². The van der Waals surface area contributed by atoms with Crippen molar-refractivity contribution < 1.29 is 17.9 Å². The van der Waals surface area contributed by atoms with Crippen molar-refractivity contribution in [1.82, 2.24) is 15.4 Å². The van der Waals surface area contributed by atoms with Gasteiger partial charge in [-0.1, -0.05) is 0 Å². The molecule has 2 aliphatic heterocycles. The minimum atomic E-state index is -3.38. The highest BCUT2D eigenvalue weighted by molar-refractivity contribution is 7.89. The Morgan fingerprint density at radius 1 is 1.29 bits per heavy atom. The van der Waals surface area contributed by atoms with E-state index in [-0.39, 0.29) is 42.6 Å². The number of ether oxygens (including phenoxy) is 1. The van der Waals surface area contributed by atoms with E-state index in [0.29, 0.717) is 19.2 Å². The van der Waals surface area contributed by atoms with Gasteiger partial charge < -0.3 is 15.4 Å². The zero-order chi connectivity index (χ0) is 16.7. The largest absolute Gasteiger partial charge is 0.377 e. The van der Waals surface area contributed by atoms with Crippen molar-refractivity contribution in [3.63, 3.8) is 0 Å². The lowest BCUT2D eigenvalue weighted by molar-refractivity contribution is -0.125. The molecule has 2 fully saturated rings. The highest BCUT2D eigenvalue weighted by atomic mass is 35.5. The molecule has 9 heteroatoms. The molecule has 2 heterocycles. The van der Waals surface area contributed by atoms with E-state index in [0.717, 1.165) is 38.6 Å². The molecule has 0 radical (unpaired) electrons. The monoisotopic (exact) mass is 383 g/mol. The van der Waals surface area contributed by atoms with Gasteiger partial charge in [-0.15, -0.1) is 12.4 Å². The summed E-state index contributed by atoms with van der Waals surface area (Å²) in [5, 5.41) is 6.05. The molecule has 0 aromatic rings. The number of sulfonamides is 1. The maximum atomic E-state index is 12.1. The lowest BCUT2D eigenvalue weighted by atomic mass is 9.92. The Bertz CT molecular complexity index is 483. The topological polar surface area (TPSA) is 96.5 Å². The van der Waals surface area contributed by atoms with E-state index in [2.05, 4.69) is 22.3 Å². The number of amides is 1. The number of hydrogen-bond donors (Lipinski definition) is 3. The maximum Gasteiger partial charge on any atom is 0.223 e. The van der Waals surface area contributed by atoms with E-state index < -0.39 is 10.0 Å². The van der Waals surface area contributed by atoms with Crippen molar-refractivity contribution in [3.05, 3.63) is 0 Å². The first-order valence-corrected chi connectivity index (χ1v) is 10.2. The Hall–Kier alpha value is -0.410. The summed E-state index contributed by atoms with van der Waals surface area (Å²) < 4.78 is 32.0. The molecule has 2 saturated heterocycles. The van der Waals surface area contributed by atoms with Crippen molar-refractivity contribution in [2.45, 2.75) is 51.2 Å². The van der Waals surface area contributed by atoms with Crippen LogP contribution in [0.4, 0.5) is 0 Å². The van der Waals surface area contributed by atoms with Crippen LogP contribution in [0.1, 0.15) is 39.0 Å². The Labute approximate surface area is 151 Å². The molecular weight excluding hydrogens is 354 g/mol. The van der Waals surface area contributed by atoms with Crippen LogP contribution in [0, 0.1) is 5.92 Å². The number of carbonyl (C=O) groups excluding carboxylic acids is 1. The summed E-state index contributed by atoms with van der Waals surface area (Å²) in [6.07, 6.45) is 4.61. The summed E-state index contributed by atoms with van der Waals surface area (Å²) in [5.41, 5.74) is 0. The fourth-order valence-corrected chi connectivity index (χ4v) is 4.04. The molecule has 0 spiro atoms. The quantitative estimate of drug-likeness (QED) is 0.591. The molecule has 2 aliphatic rings. The van der Waals surface area contributed by atoms with Gasteiger partial charge in [-0.3, -0.25) is 4.79 Å². The molecule has 1 amide bonds. The molecule has 0 aromatic carbocycles. The molecule has 0 aliphatic carbocycles. The molecular formula is C15H30ClN3O4S. The third-order valence-corrected chi connectivity index (χ3v) is 5.82. The van der Waals surface area contributed by atoms with E-state index in [9.17, 15) is 13.2 Å². The molecule has 3 N–H and O–H groups in total. The second kappa shape index (κ2) is 10.6. The SMILES string of the molecule is C[C@H]1C[C@@H](C(=O)NCCS(=O)(=O)NCC2CCCCO2)CCN1.Cl. The second-order valence-electron chi connectivity index (χ2n) is 6.52. The lowest BCUT2D eigenvalue weighted by Gasteiger charge is -2.27. The van der Waals surface area contributed by atoms with Gasteiger partial charge in [-0.25, -0.2) is 13.1 Å². The van der Waals surface area contributed by atoms with Crippen molar-refractivity contribution in [3.8, 4) is 0 Å². The second-order valence-corrected chi connectivity index (χ2v) is 8.45. The standard InChI is InChI=1S/C15H29N3O4S.ClH/c1-12-10-13(5-6-16-12)15(19)17-7-9-23(20,21)18-11-14-4-2-3-8-22-14;/h12-14,16,18H,2-11H2,1H3,(H,17,19);1H/t12-,13-,14?;/m0./s1. The molecule has 2 rings (SSSR count). The number of hydrogen-bond acceptors (Lipinski definition) is 5. The highest BCUT2D eigenvalue weighted by Crippen LogP contribution is 2.15. The Balaban J connectivity index is 0.00000288. The van der Waals surface area contributed by atoms with Gasteiger partial charge in [0.05, 0.1) is 11.9 Å². The van der Waals surface area contributed by atoms with E-state index in [1.807, 2.05) is 0 Å². The summed E-state index contributed by atoms with van der Waals surface area (Å²) >= 11 is 0. The van der Waals surface area contributed by atoms with Crippen LogP contribution in [0.2, 0.25) is 0 Å². The summed E-state index contributed by atoms with van der Waals surface area (Å²) in [6, 6.07) is 0.334. The van der Waals surface area contributed by atoms with E-state index in [4.69, 9.17) is 4.74 Å². The number of nitrogens with one attached hydrogen (secondary N) is 3. The van der Waals surface area contributed by atoms with Gasteiger partial charge in [0, 0.05) is 31.7 Å². The van der Waals surface area contributed by atoms with Crippen LogP contribution in [0.25, 0.3) is 0 Å². The molecule has 0 aromatic heterocycles. The van der Waals surface area contributed by atoms with Crippen LogP contribution in [0.15, 0.2) is 0 Å². The molecule has 142 valence electrons. The predicted molar refractivity (Wildman–Crippen MR) is 95.8 cm³/mol. The molecule has 3 atom stereocenters. The normalized spacial score (nSPS) is 28.0. The van der Waals surface area contributed by atoms with Crippen molar-refractivity contribution in [2.75, 3.05) is 32.0 Å². The molecule has 7 nitrogen and oxygen atoms in total. The smallest absolute Gasteiger partial charge is 0.223 e. The molecule has 0 bridgehead atoms. The number of rotatable bonds is 7. The van der Waals surface area contributed by atoms with Gasteiger partial charge in [-0.2, -0.15) is 0 Å². The average Bonchev–Trinajstić information content (AvgIpc) is 2.54. The van der Waals surface area contributed by atoms with Gasteiger partial charge in [0.2, 0.25) is 15.9 Å². The van der Waals surface area contributed by atoms with Crippen molar-refractivity contribution >= 4 is 28.3 Å². The van der Waals surface area contributed by atoms with Gasteiger partial charge >= 0.3 is 0 Å². The van der Waals surface area contributed by atoms with E-state index in [1.165, 1.54) is 0 Å². The van der Waals surface area contributed by atoms with Crippen LogP contribution in [-0.2, 0) is 19.6 Å². The van der Waals surface area contributed by atoms with Crippen LogP contribution in [0.3, 0.4) is 0 Å². The number of piperidine rings is 1. The Morgan fingerprint density at radius 3 is 2.75 bits per heavy atom. The van der Waals surface area contributed by atoms with Gasteiger partial charge in [0.15, 0.2) is 0 Å². The third kappa shape index (κ3) is 7.65. The first-order chi connectivity index (χ1) is 11.0. The summed E-state index contributed by atoms with van der Waals surface area (Å²) in [7, 11) is -3.38. The zero-order valence-electron chi connectivity index (χ0n) is 14.3. The number of carbonyl (C=O) groups is 1. The van der Waals surface area contributed by atoms with Crippen molar-refractivity contribution in [1.29, 1.82) is 0 Å². The molecule has 0 saturated carbocycles. The first-order valence-electron chi connectivity index (χ1n) is 8.56. The summed E-state index contributed by atoms with van der Waals surface area (Å²) in [4.78, 5) is 12.1. The van der Waals surface area contributed by atoms with Gasteiger partial charge in [0.25, 0.3) is 0 Å². The van der Waals surface area contributed by atoms with Crippen LogP contribution in [0.5, 0.6) is 0 Å². The maximum absolute atomic E-state index is 12.1. The first kappa shape index (κ1) is 21.6.